The summed E-state index contributed by atoms with van der Waals surface area (Å²) < 4.78 is 34.6. The smallest absolute Gasteiger partial charge is 0.408 e. The SMILES string of the molecule is C=CCOC(=O)NC1CN(/C(=N\C#N)Nc2cccc(OC(F)F)c2)N=C1c1ccc(Cl)c(C)c1. The van der Waals surface area contributed by atoms with Crippen LogP contribution in [0.3, 0.4) is 0 Å². The first-order chi connectivity index (χ1) is 16.8. The number of carbonyl (C=O) groups excluding carboxylic acids is 1. The van der Waals surface area contributed by atoms with Gasteiger partial charge in [0.25, 0.3) is 0 Å². The highest BCUT2D eigenvalue weighted by molar-refractivity contribution is 6.31. The van der Waals surface area contributed by atoms with Gasteiger partial charge in [0.1, 0.15) is 12.4 Å². The van der Waals surface area contributed by atoms with E-state index in [1.165, 1.54) is 29.3 Å². The molecule has 0 aromatic heterocycles. The number of hydrogen-bond donors (Lipinski definition) is 2. The summed E-state index contributed by atoms with van der Waals surface area (Å²) in [6, 6.07) is 10.4. The van der Waals surface area contributed by atoms with Crippen molar-refractivity contribution in [1.29, 1.82) is 5.26 Å². The van der Waals surface area contributed by atoms with Gasteiger partial charge in [-0.05, 0) is 36.8 Å². The number of alkyl halides is 2. The number of hydrogen-bond acceptors (Lipinski definition) is 6. The van der Waals surface area contributed by atoms with Crippen LogP contribution in [0, 0.1) is 18.4 Å². The minimum absolute atomic E-state index is 0.00800. The number of guanidine groups is 1. The topological polar surface area (TPSA) is 111 Å². The molecule has 1 amide bonds. The predicted molar refractivity (Wildman–Crippen MR) is 128 cm³/mol. The Morgan fingerprint density at radius 3 is 2.91 bits per heavy atom. The van der Waals surface area contributed by atoms with Gasteiger partial charge in [-0.2, -0.15) is 19.1 Å². The van der Waals surface area contributed by atoms with Crippen molar-refractivity contribution in [3.63, 3.8) is 0 Å². The Labute approximate surface area is 205 Å². The second-order valence-corrected chi connectivity index (χ2v) is 7.59. The van der Waals surface area contributed by atoms with Crippen LogP contribution < -0.4 is 15.4 Å². The molecule has 12 heteroatoms. The molecule has 3 rings (SSSR count). The number of benzene rings is 2. The fraction of sp³-hybridized carbons (Fsp3) is 0.217. The number of amides is 1. The molecule has 1 aliphatic rings. The van der Waals surface area contributed by atoms with Crippen molar-refractivity contribution in [2.75, 3.05) is 18.5 Å². The summed E-state index contributed by atoms with van der Waals surface area (Å²) in [6.07, 6.45) is 2.44. The van der Waals surface area contributed by atoms with Crippen molar-refractivity contribution >= 4 is 35.1 Å². The molecule has 0 spiro atoms. The normalized spacial score (nSPS) is 15.3. The number of nitriles is 1. The predicted octanol–water partition coefficient (Wildman–Crippen LogP) is 4.50. The summed E-state index contributed by atoms with van der Waals surface area (Å²) in [5, 5.41) is 21.3. The lowest BCUT2D eigenvalue weighted by Crippen LogP contribution is -2.44. The molecule has 0 saturated carbocycles. The maximum atomic E-state index is 12.6. The summed E-state index contributed by atoms with van der Waals surface area (Å²) in [6.45, 7) is 2.47. The zero-order valence-electron chi connectivity index (χ0n) is 18.5. The van der Waals surface area contributed by atoms with E-state index in [2.05, 4.69) is 32.0 Å². The zero-order chi connectivity index (χ0) is 25.4. The number of alkyl carbamates (subject to hydrolysis) is 1. The van der Waals surface area contributed by atoms with Crippen LogP contribution >= 0.6 is 11.6 Å². The molecule has 0 saturated heterocycles. The maximum absolute atomic E-state index is 12.6. The van der Waals surface area contributed by atoms with Crippen LogP contribution in [0.15, 0.2) is 65.2 Å². The number of ether oxygens (including phenoxy) is 2. The molecule has 0 radical (unpaired) electrons. The Hall–Kier alpha value is -4.17. The van der Waals surface area contributed by atoms with E-state index in [4.69, 9.17) is 16.3 Å². The molecule has 0 aliphatic carbocycles. The van der Waals surface area contributed by atoms with Gasteiger partial charge in [0.2, 0.25) is 12.2 Å². The Morgan fingerprint density at radius 2 is 2.23 bits per heavy atom. The van der Waals surface area contributed by atoms with Crippen molar-refractivity contribution in [2.45, 2.75) is 19.6 Å². The molecule has 2 aromatic carbocycles. The van der Waals surface area contributed by atoms with Crippen LogP contribution in [0.25, 0.3) is 0 Å². The number of aryl methyl sites for hydroxylation is 1. The summed E-state index contributed by atoms with van der Waals surface area (Å²) in [4.78, 5) is 16.0. The number of anilines is 1. The van der Waals surface area contributed by atoms with Crippen molar-refractivity contribution in [1.82, 2.24) is 10.3 Å². The average molecular weight is 503 g/mol. The van der Waals surface area contributed by atoms with Crippen LogP contribution in [0.2, 0.25) is 5.02 Å². The monoisotopic (exact) mass is 502 g/mol. The number of hydrazone groups is 1. The van der Waals surface area contributed by atoms with Crippen LogP contribution in [0.1, 0.15) is 11.1 Å². The van der Waals surface area contributed by atoms with E-state index in [1.54, 1.807) is 24.4 Å². The lowest BCUT2D eigenvalue weighted by Gasteiger charge is -2.19. The minimum Gasteiger partial charge on any atom is -0.445 e. The average Bonchev–Trinajstić information content (AvgIpc) is 3.22. The Bertz CT molecular complexity index is 1200. The fourth-order valence-electron chi connectivity index (χ4n) is 3.21. The molecule has 1 aliphatic heterocycles. The molecule has 1 unspecified atom stereocenters. The number of nitrogens with one attached hydrogen (secondary N) is 2. The van der Waals surface area contributed by atoms with Gasteiger partial charge in [0.05, 0.1) is 18.3 Å². The number of aliphatic imine (C=N–C) groups is 1. The summed E-state index contributed by atoms with van der Waals surface area (Å²) in [5.74, 6) is -0.0679. The van der Waals surface area contributed by atoms with Crippen molar-refractivity contribution in [3.8, 4) is 11.9 Å². The second kappa shape index (κ2) is 11.8. The van der Waals surface area contributed by atoms with Gasteiger partial charge in [0.15, 0.2) is 0 Å². The molecule has 0 bridgehead atoms. The summed E-state index contributed by atoms with van der Waals surface area (Å²) in [5.41, 5.74) is 2.30. The van der Waals surface area contributed by atoms with Gasteiger partial charge in [-0.25, -0.2) is 9.80 Å². The van der Waals surface area contributed by atoms with E-state index in [0.29, 0.717) is 22.0 Å². The van der Waals surface area contributed by atoms with E-state index in [0.717, 1.165) is 5.56 Å². The summed E-state index contributed by atoms with van der Waals surface area (Å²) >= 11 is 6.15. The highest BCUT2D eigenvalue weighted by Gasteiger charge is 2.32. The van der Waals surface area contributed by atoms with Crippen LogP contribution in [0.5, 0.6) is 5.75 Å². The van der Waals surface area contributed by atoms with E-state index in [9.17, 15) is 18.8 Å². The zero-order valence-corrected chi connectivity index (χ0v) is 19.3. The standard InChI is InChI=1S/C23H21ClF2N6O3/c1-3-9-34-23(33)30-19-12-32(31-20(19)15-7-8-18(24)14(2)10-15)22(28-13-27)29-16-5-4-6-17(11-16)35-21(25)26/h3-8,10-11,19,21H,1,9,12H2,2H3,(H,28,29)(H,30,33). The summed E-state index contributed by atoms with van der Waals surface area (Å²) in [7, 11) is 0. The molecule has 1 heterocycles. The third kappa shape index (κ3) is 6.91. The lowest BCUT2D eigenvalue weighted by molar-refractivity contribution is -0.0498. The van der Waals surface area contributed by atoms with Crippen LogP contribution in [-0.4, -0.2) is 48.6 Å². The molecule has 182 valence electrons. The third-order valence-corrected chi connectivity index (χ3v) is 5.13. The van der Waals surface area contributed by atoms with E-state index in [-0.39, 0.29) is 24.9 Å². The number of carbonyl (C=O) groups is 1. The van der Waals surface area contributed by atoms with E-state index < -0.39 is 18.7 Å². The Balaban J connectivity index is 1.90. The second-order valence-electron chi connectivity index (χ2n) is 7.18. The lowest BCUT2D eigenvalue weighted by atomic mass is 10.0. The maximum Gasteiger partial charge on any atom is 0.408 e. The third-order valence-electron chi connectivity index (χ3n) is 4.71. The van der Waals surface area contributed by atoms with Gasteiger partial charge in [-0.15, -0.1) is 4.99 Å². The van der Waals surface area contributed by atoms with Crippen LogP contribution in [-0.2, 0) is 4.74 Å². The largest absolute Gasteiger partial charge is 0.445 e. The fourth-order valence-corrected chi connectivity index (χ4v) is 3.32. The van der Waals surface area contributed by atoms with Gasteiger partial charge in [0, 0.05) is 22.3 Å². The van der Waals surface area contributed by atoms with Gasteiger partial charge < -0.3 is 20.1 Å². The quantitative estimate of drug-likeness (QED) is 0.249. The van der Waals surface area contributed by atoms with Crippen LogP contribution in [0.4, 0.5) is 19.3 Å². The van der Waals surface area contributed by atoms with Gasteiger partial charge in [-0.3, -0.25) is 0 Å². The number of halogens is 3. The van der Waals surface area contributed by atoms with Crippen molar-refractivity contribution < 1.29 is 23.0 Å². The van der Waals surface area contributed by atoms with Gasteiger partial charge in [-0.1, -0.05) is 36.4 Å². The van der Waals surface area contributed by atoms with Gasteiger partial charge >= 0.3 is 12.7 Å². The molecule has 0 fully saturated rings. The Morgan fingerprint density at radius 1 is 1.43 bits per heavy atom. The number of nitrogens with zero attached hydrogens (tertiary/aromatic N) is 4. The van der Waals surface area contributed by atoms with E-state index >= 15 is 0 Å². The minimum atomic E-state index is -2.99. The van der Waals surface area contributed by atoms with Crippen molar-refractivity contribution in [2.24, 2.45) is 10.1 Å². The molecular weight excluding hydrogens is 482 g/mol. The Kier molecular flexibility index (Phi) is 8.58. The molecule has 1 atom stereocenters. The first-order valence-corrected chi connectivity index (χ1v) is 10.6. The first-order valence-electron chi connectivity index (χ1n) is 10.3. The molecule has 2 aromatic rings. The number of rotatable bonds is 7. The van der Waals surface area contributed by atoms with E-state index in [1.807, 2.05) is 13.0 Å². The molecule has 9 nitrogen and oxygen atoms in total. The van der Waals surface area contributed by atoms with Crippen molar-refractivity contribution in [3.05, 3.63) is 71.3 Å². The highest BCUT2D eigenvalue weighted by atomic mass is 35.5. The highest BCUT2D eigenvalue weighted by Crippen LogP contribution is 2.23. The first kappa shape index (κ1) is 25.5. The molecule has 35 heavy (non-hydrogen) atoms. The molecule has 2 N–H and O–H groups in total. The molecular formula is C23H21ClF2N6O3.